The first-order valence-corrected chi connectivity index (χ1v) is 9.23. The van der Waals surface area contributed by atoms with Crippen LogP contribution in [0.2, 0.25) is 0 Å². The number of aromatic nitrogens is 1. The molecule has 3 rings (SSSR count). The van der Waals surface area contributed by atoms with Gasteiger partial charge in [-0.15, -0.1) is 0 Å². The van der Waals surface area contributed by atoms with Gasteiger partial charge >= 0.3 is 5.97 Å². The van der Waals surface area contributed by atoms with Crippen LogP contribution in [-0.4, -0.2) is 73.0 Å². The Hall–Kier alpha value is -2.71. The highest BCUT2D eigenvalue weighted by Crippen LogP contribution is 2.16. The van der Waals surface area contributed by atoms with Crippen molar-refractivity contribution in [1.29, 1.82) is 0 Å². The predicted molar refractivity (Wildman–Crippen MR) is 103 cm³/mol. The molecule has 0 aliphatic carbocycles. The van der Waals surface area contributed by atoms with Crippen molar-refractivity contribution in [3.63, 3.8) is 0 Å². The number of rotatable bonds is 8. The minimum Gasteiger partial charge on any atom is -0.468 e. The first-order chi connectivity index (χ1) is 13.5. The van der Waals surface area contributed by atoms with Crippen LogP contribution >= 0.6 is 0 Å². The normalized spacial score (nSPS) is 15.4. The van der Waals surface area contributed by atoms with Crippen molar-refractivity contribution in [2.24, 2.45) is 0 Å². The number of hydrogen-bond acceptors (Lipinski definition) is 7. The van der Waals surface area contributed by atoms with Crippen LogP contribution in [0.5, 0.6) is 0 Å². The third-order valence-electron chi connectivity index (χ3n) is 4.91. The molecule has 1 aliphatic heterocycles. The summed E-state index contributed by atoms with van der Waals surface area (Å²) < 4.78 is 10.3. The zero-order valence-electron chi connectivity index (χ0n) is 16.4. The summed E-state index contributed by atoms with van der Waals surface area (Å²) in [4.78, 5) is 32.7. The summed E-state index contributed by atoms with van der Waals surface area (Å²) in [5.74, 6) is -0.234. The van der Waals surface area contributed by atoms with E-state index < -0.39 is 12.0 Å². The van der Waals surface area contributed by atoms with E-state index in [4.69, 9.17) is 9.15 Å². The Labute approximate surface area is 164 Å². The SMILES string of the molecule is COC(=O)C(Cc1nc(C(=O)N2CC(N(C)C)C2)co1)NCc1ccccc1. The molecule has 28 heavy (non-hydrogen) atoms. The van der Waals surface area contributed by atoms with Crippen LogP contribution in [0, 0.1) is 0 Å². The summed E-state index contributed by atoms with van der Waals surface area (Å²) in [6.07, 6.45) is 1.55. The summed E-state index contributed by atoms with van der Waals surface area (Å²) in [5, 5.41) is 3.16. The maximum atomic E-state index is 12.5. The number of carbonyl (C=O) groups excluding carboxylic acids is 2. The fourth-order valence-electron chi connectivity index (χ4n) is 3.01. The molecule has 0 radical (unpaired) electrons. The smallest absolute Gasteiger partial charge is 0.323 e. The first kappa shape index (κ1) is 20.0. The third-order valence-corrected chi connectivity index (χ3v) is 4.91. The monoisotopic (exact) mass is 386 g/mol. The van der Waals surface area contributed by atoms with E-state index in [9.17, 15) is 9.59 Å². The molecule has 0 saturated carbocycles. The molecule has 1 N–H and O–H groups in total. The van der Waals surface area contributed by atoms with Crippen LogP contribution in [-0.2, 0) is 22.5 Å². The predicted octanol–water partition coefficient (Wildman–Crippen LogP) is 0.935. The summed E-state index contributed by atoms with van der Waals surface area (Å²) in [5.41, 5.74) is 1.31. The molecule has 1 atom stereocenters. The lowest BCUT2D eigenvalue weighted by Gasteiger charge is -2.42. The topological polar surface area (TPSA) is 87.9 Å². The second kappa shape index (κ2) is 8.99. The number of ether oxygens (including phenoxy) is 1. The third kappa shape index (κ3) is 4.76. The van der Waals surface area contributed by atoms with Crippen LogP contribution in [0.15, 0.2) is 41.0 Å². The minimum absolute atomic E-state index is 0.153. The van der Waals surface area contributed by atoms with E-state index in [-0.39, 0.29) is 18.0 Å². The number of nitrogens with one attached hydrogen (secondary N) is 1. The quantitative estimate of drug-likeness (QED) is 0.676. The summed E-state index contributed by atoms with van der Waals surface area (Å²) >= 11 is 0. The molecule has 1 aliphatic rings. The van der Waals surface area contributed by atoms with Crippen molar-refractivity contribution in [3.05, 3.63) is 53.7 Å². The van der Waals surface area contributed by atoms with Gasteiger partial charge in [0.2, 0.25) is 0 Å². The van der Waals surface area contributed by atoms with Crippen LogP contribution < -0.4 is 5.32 Å². The van der Waals surface area contributed by atoms with Gasteiger partial charge in [0.1, 0.15) is 12.3 Å². The molecule has 150 valence electrons. The zero-order valence-corrected chi connectivity index (χ0v) is 16.4. The first-order valence-electron chi connectivity index (χ1n) is 9.23. The molecule has 1 saturated heterocycles. The Balaban J connectivity index is 1.59. The maximum absolute atomic E-state index is 12.5. The van der Waals surface area contributed by atoms with E-state index in [0.29, 0.717) is 31.6 Å². The van der Waals surface area contributed by atoms with E-state index in [1.165, 1.54) is 13.4 Å². The van der Waals surface area contributed by atoms with Crippen molar-refractivity contribution >= 4 is 11.9 Å². The van der Waals surface area contributed by atoms with E-state index in [2.05, 4.69) is 15.2 Å². The van der Waals surface area contributed by atoms with E-state index >= 15 is 0 Å². The summed E-state index contributed by atoms with van der Waals surface area (Å²) in [7, 11) is 5.33. The second-order valence-corrected chi connectivity index (χ2v) is 7.10. The fourth-order valence-corrected chi connectivity index (χ4v) is 3.01. The lowest BCUT2D eigenvalue weighted by atomic mass is 10.1. The average molecular weight is 386 g/mol. The number of hydrogen-bond donors (Lipinski definition) is 1. The highest BCUT2D eigenvalue weighted by molar-refractivity contribution is 5.92. The van der Waals surface area contributed by atoms with Crippen molar-refractivity contribution in [2.75, 3.05) is 34.3 Å². The van der Waals surface area contributed by atoms with Crippen LogP contribution in [0.3, 0.4) is 0 Å². The van der Waals surface area contributed by atoms with Crippen LogP contribution in [0.4, 0.5) is 0 Å². The number of benzene rings is 1. The molecule has 0 spiro atoms. The Morgan fingerprint density at radius 2 is 2.04 bits per heavy atom. The lowest BCUT2D eigenvalue weighted by Crippen LogP contribution is -2.59. The van der Waals surface area contributed by atoms with Gasteiger partial charge in [0.15, 0.2) is 11.6 Å². The number of amides is 1. The van der Waals surface area contributed by atoms with Gasteiger partial charge in [0, 0.05) is 25.7 Å². The minimum atomic E-state index is -0.617. The molecule has 2 heterocycles. The molecule has 1 aromatic heterocycles. The maximum Gasteiger partial charge on any atom is 0.323 e. The highest BCUT2D eigenvalue weighted by atomic mass is 16.5. The molecule has 0 bridgehead atoms. The zero-order chi connectivity index (χ0) is 20.1. The van der Waals surface area contributed by atoms with Gasteiger partial charge in [-0.1, -0.05) is 30.3 Å². The number of oxazole rings is 1. The van der Waals surface area contributed by atoms with Crippen molar-refractivity contribution in [2.45, 2.75) is 25.0 Å². The van der Waals surface area contributed by atoms with Gasteiger partial charge in [-0.3, -0.25) is 14.9 Å². The van der Waals surface area contributed by atoms with Gasteiger partial charge in [-0.05, 0) is 19.7 Å². The Morgan fingerprint density at radius 1 is 1.32 bits per heavy atom. The number of likely N-dealkylation sites (N-methyl/N-ethyl adjacent to an activating group) is 1. The average Bonchev–Trinajstić information content (AvgIpc) is 3.12. The Kier molecular flexibility index (Phi) is 6.43. The van der Waals surface area contributed by atoms with Crippen LogP contribution in [0.25, 0.3) is 0 Å². The van der Waals surface area contributed by atoms with E-state index in [1.807, 2.05) is 44.4 Å². The van der Waals surface area contributed by atoms with Crippen LogP contribution in [0.1, 0.15) is 21.9 Å². The van der Waals surface area contributed by atoms with E-state index in [0.717, 1.165) is 5.56 Å². The summed E-state index contributed by atoms with van der Waals surface area (Å²) in [6.45, 7) is 1.86. The van der Waals surface area contributed by atoms with Crippen molar-refractivity contribution in [1.82, 2.24) is 20.1 Å². The standard InChI is InChI=1S/C20H26N4O4/c1-23(2)15-11-24(12-15)19(25)17-13-28-18(22-17)9-16(20(26)27-3)21-10-14-7-5-4-6-8-14/h4-8,13,15-16,21H,9-12H2,1-3H3. The number of carbonyl (C=O) groups is 2. The van der Waals surface area contributed by atoms with Gasteiger partial charge in [-0.25, -0.2) is 4.98 Å². The van der Waals surface area contributed by atoms with Gasteiger partial charge in [0.05, 0.1) is 13.5 Å². The molecule has 1 fully saturated rings. The number of methoxy groups -OCH3 is 1. The highest BCUT2D eigenvalue weighted by Gasteiger charge is 2.34. The second-order valence-electron chi connectivity index (χ2n) is 7.10. The molecular weight excluding hydrogens is 360 g/mol. The fraction of sp³-hybridized carbons (Fsp3) is 0.450. The molecule has 1 aromatic carbocycles. The van der Waals surface area contributed by atoms with Crippen molar-refractivity contribution < 1.29 is 18.7 Å². The Bertz CT molecular complexity index is 800. The van der Waals surface area contributed by atoms with E-state index in [1.54, 1.807) is 4.90 Å². The van der Waals surface area contributed by atoms with Gasteiger partial charge in [-0.2, -0.15) is 0 Å². The lowest BCUT2D eigenvalue weighted by molar-refractivity contribution is -0.143. The molecule has 8 nitrogen and oxygen atoms in total. The molecule has 1 amide bonds. The largest absolute Gasteiger partial charge is 0.468 e. The molecule has 2 aromatic rings. The van der Waals surface area contributed by atoms with Crippen molar-refractivity contribution in [3.8, 4) is 0 Å². The molecular formula is C20H26N4O4. The molecule has 8 heteroatoms. The van der Waals surface area contributed by atoms with Gasteiger partial charge in [0.25, 0.3) is 5.91 Å². The Morgan fingerprint density at radius 3 is 2.68 bits per heavy atom. The number of likely N-dealkylation sites (tertiary alicyclic amines) is 1. The number of esters is 1. The number of nitrogens with zero attached hydrogens (tertiary/aromatic N) is 3. The molecule has 1 unspecified atom stereocenters. The van der Waals surface area contributed by atoms with Gasteiger partial charge < -0.3 is 19.0 Å². The summed E-state index contributed by atoms with van der Waals surface area (Å²) in [6, 6.07) is 9.51.